The molecule has 0 aliphatic carbocycles. The molecule has 0 spiro atoms. The van der Waals surface area contributed by atoms with Gasteiger partial charge in [0.2, 0.25) is 5.95 Å². The third-order valence-corrected chi connectivity index (χ3v) is 2.32. The first-order valence-electron chi connectivity index (χ1n) is 6.11. The Kier molecular flexibility index (Phi) is 5.10. The molecule has 6 nitrogen and oxygen atoms in total. The van der Waals surface area contributed by atoms with Gasteiger partial charge in [-0.25, -0.2) is 14.8 Å². The van der Waals surface area contributed by atoms with Crippen molar-refractivity contribution in [2.75, 3.05) is 11.9 Å². The van der Waals surface area contributed by atoms with E-state index in [1.165, 1.54) is 0 Å². The third kappa shape index (κ3) is 5.54. The molecule has 1 aromatic heterocycles. The molecular weight excluding hydrogens is 289 g/mol. The summed E-state index contributed by atoms with van der Waals surface area (Å²) in [5.41, 5.74) is 4.24. The number of nitrogens with zero attached hydrogens (tertiary/aromatic N) is 2. The van der Waals surface area contributed by atoms with E-state index in [9.17, 15) is 18.0 Å². The highest BCUT2D eigenvalue weighted by molar-refractivity contribution is 5.82. The van der Waals surface area contributed by atoms with E-state index in [4.69, 9.17) is 10.5 Å². The van der Waals surface area contributed by atoms with Crippen LogP contribution in [0.2, 0.25) is 0 Å². The maximum absolute atomic E-state index is 12.7. The molecule has 0 aliphatic rings. The predicted octanol–water partition coefficient (Wildman–Crippen LogP) is 2.43. The summed E-state index contributed by atoms with van der Waals surface area (Å²) in [6, 6.07) is 0. The third-order valence-electron chi connectivity index (χ3n) is 2.32. The van der Waals surface area contributed by atoms with Crippen molar-refractivity contribution >= 4 is 12.0 Å². The predicted molar refractivity (Wildman–Crippen MR) is 69.7 cm³/mol. The molecule has 1 aromatic rings. The topological polar surface area (TPSA) is 90.1 Å². The van der Waals surface area contributed by atoms with E-state index in [2.05, 4.69) is 15.3 Å². The average molecular weight is 306 g/mol. The van der Waals surface area contributed by atoms with Crippen LogP contribution in [-0.4, -0.2) is 34.4 Å². The van der Waals surface area contributed by atoms with Crippen LogP contribution in [-0.2, 0) is 4.74 Å². The van der Waals surface area contributed by atoms with E-state index in [0.29, 0.717) is 0 Å². The van der Waals surface area contributed by atoms with Crippen molar-refractivity contribution in [3.05, 3.63) is 18.0 Å². The molecule has 9 heteroatoms. The standard InChI is InChI=1S/C12H17F3N4O2/c1-11(2,3)21-10(20)19-9-17-5-7(6-18-9)8(4-16)12(13,14)15/h5-6,8H,4,16H2,1-3H3,(H,17,18,19,20). The molecule has 1 heterocycles. The summed E-state index contributed by atoms with van der Waals surface area (Å²) >= 11 is 0. The van der Waals surface area contributed by atoms with Crippen LogP contribution in [0, 0.1) is 0 Å². The number of nitrogens with one attached hydrogen (secondary N) is 1. The average Bonchev–Trinajstić information content (AvgIpc) is 2.27. The number of alkyl halides is 3. The van der Waals surface area contributed by atoms with Crippen LogP contribution in [0.3, 0.4) is 0 Å². The van der Waals surface area contributed by atoms with E-state index >= 15 is 0 Å². The summed E-state index contributed by atoms with van der Waals surface area (Å²) in [6.07, 6.45) is -3.31. The Morgan fingerprint density at radius 1 is 1.33 bits per heavy atom. The molecule has 21 heavy (non-hydrogen) atoms. The maximum atomic E-state index is 12.7. The Morgan fingerprint density at radius 3 is 2.24 bits per heavy atom. The van der Waals surface area contributed by atoms with Crippen LogP contribution in [0.25, 0.3) is 0 Å². The van der Waals surface area contributed by atoms with Gasteiger partial charge in [-0.3, -0.25) is 5.32 Å². The molecule has 1 unspecified atom stereocenters. The molecule has 0 bridgehead atoms. The van der Waals surface area contributed by atoms with Crippen molar-refractivity contribution in [2.45, 2.75) is 38.5 Å². The van der Waals surface area contributed by atoms with Crippen LogP contribution >= 0.6 is 0 Å². The van der Waals surface area contributed by atoms with Crippen molar-refractivity contribution < 1.29 is 22.7 Å². The second-order valence-electron chi connectivity index (χ2n) is 5.30. The highest BCUT2D eigenvalue weighted by atomic mass is 19.4. The molecule has 0 aliphatic heterocycles. The minimum atomic E-state index is -4.47. The first kappa shape index (κ1) is 17.2. The van der Waals surface area contributed by atoms with Gasteiger partial charge < -0.3 is 10.5 Å². The van der Waals surface area contributed by atoms with Crippen LogP contribution in [0.1, 0.15) is 32.3 Å². The van der Waals surface area contributed by atoms with Gasteiger partial charge in [0.15, 0.2) is 0 Å². The summed E-state index contributed by atoms with van der Waals surface area (Å²) in [6.45, 7) is 4.41. The largest absolute Gasteiger partial charge is 0.444 e. The number of hydrogen-bond acceptors (Lipinski definition) is 5. The summed E-state index contributed by atoms with van der Waals surface area (Å²) in [5, 5.41) is 2.23. The van der Waals surface area contributed by atoms with Crippen LogP contribution < -0.4 is 11.1 Å². The number of amides is 1. The van der Waals surface area contributed by atoms with E-state index in [1.54, 1.807) is 20.8 Å². The number of rotatable bonds is 3. The lowest BCUT2D eigenvalue weighted by molar-refractivity contribution is -0.148. The number of aromatic nitrogens is 2. The Labute approximate surface area is 119 Å². The fourth-order valence-corrected chi connectivity index (χ4v) is 1.44. The van der Waals surface area contributed by atoms with E-state index in [-0.39, 0.29) is 11.5 Å². The second-order valence-corrected chi connectivity index (χ2v) is 5.30. The minimum Gasteiger partial charge on any atom is -0.444 e. The van der Waals surface area contributed by atoms with Gasteiger partial charge in [0.1, 0.15) is 5.60 Å². The maximum Gasteiger partial charge on any atom is 0.414 e. The van der Waals surface area contributed by atoms with E-state index in [0.717, 1.165) is 12.4 Å². The van der Waals surface area contributed by atoms with Gasteiger partial charge in [-0.1, -0.05) is 0 Å². The highest BCUT2D eigenvalue weighted by Gasteiger charge is 2.40. The van der Waals surface area contributed by atoms with Crippen molar-refractivity contribution in [1.82, 2.24) is 9.97 Å². The molecule has 0 fully saturated rings. The first-order chi connectivity index (χ1) is 9.53. The number of carbonyl (C=O) groups excluding carboxylic acids is 1. The number of nitrogens with two attached hydrogens (primary N) is 1. The zero-order valence-corrected chi connectivity index (χ0v) is 11.9. The Balaban J connectivity index is 2.77. The fraction of sp³-hybridized carbons (Fsp3) is 0.583. The number of anilines is 1. The van der Waals surface area contributed by atoms with Crippen molar-refractivity contribution in [1.29, 1.82) is 0 Å². The first-order valence-corrected chi connectivity index (χ1v) is 6.11. The number of hydrogen-bond donors (Lipinski definition) is 2. The molecule has 1 rings (SSSR count). The monoisotopic (exact) mass is 306 g/mol. The number of halogens is 3. The SMILES string of the molecule is CC(C)(C)OC(=O)Nc1ncc(C(CN)C(F)(F)F)cn1. The lowest BCUT2D eigenvalue weighted by Gasteiger charge is -2.20. The summed E-state index contributed by atoms with van der Waals surface area (Å²) < 4.78 is 43.0. The molecule has 1 amide bonds. The van der Waals surface area contributed by atoms with E-state index < -0.39 is 30.3 Å². The number of ether oxygens (including phenoxy) is 1. The Bertz CT molecular complexity index is 483. The molecule has 118 valence electrons. The van der Waals surface area contributed by atoms with Gasteiger partial charge in [0, 0.05) is 24.5 Å². The molecule has 0 aromatic carbocycles. The van der Waals surface area contributed by atoms with Gasteiger partial charge in [-0.15, -0.1) is 0 Å². The summed E-state index contributed by atoms with van der Waals surface area (Å²) in [7, 11) is 0. The van der Waals surface area contributed by atoms with Crippen LogP contribution in [0.4, 0.5) is 23.9 Å². The minimum absolute atomic E-state index is 0.147. The van der Waals surface area contributed by atoms with Crippen LogP contribution in [0.5, 0.6) is 0 Å². The smallest absolute Gasteiger partial charge is 0.414 e. The van der Waals surface area contributed by atoms with Gasteiger partial charge in [0.25, 0.3) is 0 Å². The van der Waals surface area contributed by atoms with Gasteiger partial charge in [-0.05, 0) is 20.8 Å². The van der Waals surface area contributed by atoms with E-state index in [1.807, 2.05) is 0 Å². The highest BCUT2D eigenvalue weighted by Crippen LogP contribution is 2.33. The summed E-state index contributed by atoms with van der Waals surface area (Å²) in [5.74, 6) is -1.99. The zero-order chi connectivity index (χ0) is 16.3. The Hall–Kier alpha value is -1.90. The van der Waals surface area contributed by atoms with Crippen LogP contribution in [0.15, 0.2) is 12.4 Å². The number of carbonyl (C=O) groups is 1. The normalized spacial score (nSPS) is 13.7. The second kappa shape index (κ2) is 6.25. The van der Waals surface area contributed by atoms with Crippen molar-refractivity contribution in [2.24, 2.45) is 5.73 Å². The molecule has 1 atom stereocenters. The van der Waals surface area contributed by atoms with Crippen molar-refractivity contribution in [3.63, 3.8) is 0 Å². The molecule has 0 radical (unpaired) electrons. The van der Waals surface area contributed by atoms with Gasteiger partial charge in [0.05, 0.1) is 5.92 Å². The molecular formula is C12H17F3N4O2. The summed E-state index contributed by atoms with van der Waals surface area (Å²) in [4.78, 5) is 18.8. The van der Waals surface area contributed by atoms with Gasteiger partial charge >= 0.3 is 12.3 Å². The zero-order valence-electron chi connectivity index (χ0n) is 11.9. The Morgan fingerprint density at radius 2 is 1.86 bits per heavy atom. The van der Waals surface area contributed by atoms with Crippen molar-refractivity contribution in [3.8, 4) is 0 Å². The van der Waals surface area contributed by atoms with Gasteiger partial charge in [-0.2, -0.15) is 13.2 Å². The lowest BCUT2D eigenvalue weighted by atomic mass is 10.0. The quantitative estimate of drug-likeness (QED) is 0.895. The molecule has 0 saturated heterocycles. The fourth-order valence-electron chi connectivity index (χ4n) is 1.44. The lowest BCUT2D eigenvalue weighted by Crippen LogP contribution is -2.29. The molecule has 3 N–H and O–H groups in total. The molecule has 0 saturated carbocycles.